The number of carboxylic acid groups (broad SMARTS) is 1. The second kappa shape index (κ2) is 6.74. The van der Waals surface area contributed by atoms with Crippen LogP contribution in [0, 0.1) is 11.8 Å². The average Bonchev–Trinajstić information content (AvgIpc) is 2.64. The Morgan fingerprint density at radius 3 is 2.32 bits per heavy atom. The Morgan fingerprint density at radius 2 is 1.74 bits per heavy atom. The maximum absolute atomic E-state index is 11.5. The maximum atomic E-state index is 11.5. The normalized spacial score (nSPS) is 34.2. The Bertz CT molecular complexity index is 295. The molecule has 1 atom stereocenters. The van der Waals surface area contributed by atoms with Crippen molar-refractivity contribution in [2.75, 3.05) is 6.54 Å². The van der Waals surface area contributed by atoms with Gasteiger partial charge >= 0.3 is 5.97 Å². The second-order valence-corrected chi connectivity index (χ2v) is 6.75. The topological polar surface area (TPSA) is 40.5 Å². The van der Waals surface area contributed by atoms with Crippen LogP contribution in [-0.2, 0) is 4.79 Å². The number of rotatable bonds is 3. The fourth-order valence-electron chi connectivity index (χ4n) is 3.93. The highest BCUT2D eigenvalue weighted by molar-refractivity contribution is 5.73. The number of carbonyl (C=O) groups is 1. The zero-order chi connectivity index (χ0) is 13.8. The van der Waals surface area contributed by atoms with Gasteiger partial charge in [-0.3, -0.25) is 9.69 Å². The molecule has 2 aliphatic rings. The summed E-state index contributed by atoms with van der Waals surface area (Å²) in [6.07, 6.45) is 9.26. The number of hydrogen-bond acceptors (Lipinski definition) is 2. The van der Waals surface area contributed by atoms with E-state index in [0.717, 1.165) is 31.2 Å². The standard InChI is InChI=1S/C16H29NO2/c1-12(2)13-7-9-14(10-8-13)17-11-5-3-4-6-15(17)16(18)19/h12-15H,3-11H2,1-2H3,(H,18,19). The lowest BCUT2D eigenvalue weighted by molar-refractivity contribution is -0.144. The highest BCUT2D eigenvalue weighted by atomic mass is 16.4. The van der Waals surface area contributed by atoms with Gasteiger partial charge in [-0.25, -0.2) is 0 Å². The van der Waals surface area contributed by atoms with Gasteiger partial charge < -0.3 is 5.11 Å². The van der Waals surface area contributed by atoms with Crippen molar-refractivity contribution in [3.63, 3.8) is 0 Å². The maximum Gasteiger partial charge on any atom is 0.320 e. The van der Waals surface area contributed by atoms with Crippen LogP contribution in [-0.4, -0.2) is 34.6 Å². The van der Waals surface area contributed by atoms with E-state index < -0.39 is 5.97 Å². The molecule has 110 valence electrons. The van der Waals surface area contributed by atoms with E-state index in [2.05, 4.69) is 18.7 Å². The quantitative estimate of drug-likeness (QED) is 0.850. The van der Waals surface area contributed by atoms with Crippen molar-refractivity contribution in [3.05, 3.63) is 0 Å². The number of nitrogens with zero attached hydrogens (tertiary/aromatic N) is 1. The zero-order valence-corrected chi connectivity index (χ0v) is 12.5. The summed E-state index contributed by atoms with van der Waals surface area (Å²) in [6.45, 7) is 5.63. The third kappa shape index (κ3) is 3.71. The molecular formula is C16H29NO2. The Balaban J connectivity index is 1.97. The van der Waals surface area contributed by atoms with Crippen molar-refractivity contribution in [2.24, 2.45) is 11.8 Å². The Morgan fingerprint density at radius 1 is 1.05 bits per heavy atom. The third-order valence-corrected chi connectivity index (χ3v) is 5.23. The molecule has 2 fully saturated rings. The summed E-state index contributed by atoms with van der Waals surface area (Å²) < 4.78 is 0. The lowest BCUT2D eigenvalue weighted by Crippen LogP contribution is -2.48. The molecule has 0 radical (unpaired) electrons. The van der Waals surface area contributed by atoms with E-state index in [1.54, 1.807) is 0 Å². The van der Waals surface area contributed by atoms with E-state index in [-0.39, 0.29) is 6.04 Å². The van der Waals surface area contributed by atoms with Crippen molar-refractivity contribution < 1.29 is 9.90 Å². The molecule has 0 amide bonds. The molecule has 1 saturated carbocycles. The van der Waals surface area contributed by atoms with Crippen LogP contribution in [0.3, 0.4) is 0 Å². The fourth-order valence-corrected chi connectivity index (χ4v) is 3.93. The molecule has 1 aliphatic heterocycles. The molecule has 0 aromatic carbocycles. The molecule has 1 heterocycles. The predicted octanol–water partition coefficient (Wildman–Crippen LogP) is 3.53. The number of carboxylic acids is 1. The van der Waals surface area contributed by atoms with E-state index >= 15 is 0 Å². The summed E-state index contributed by atoms with van der Waals surface area (Å²) in [7, 11) is 0. The van der Waals surface area contributed by atoms with Gasteiger partial charge in [-0.1, -0.05) is 26.7 Å². The molecule has 1 unspecified atom stereocenters. The van der Waals surface area contributed by atoms with Gasteiger partial charge in [0.1, 0.15) is 6.04 Å². The zero-order valence-electron chi connectivity index (χ0n) is 12.5. The van der Waals surface area contributed by atoms with E-state index in [0.29, 0.717) is 6.04 Å². The van der Waals surface area contributed by atoms with Crippen LogP contribution >= 0.6 is 0 Å². The molecule has 2 rings (SSSR count). The van der Waals surface area contributed by atoms with Gasteiger partial charge in [-0.15, -0.1) is 0 Å². The first-order valence-corrected chi connectivity index (χ1v) is 8.08. The summed E-state index contributed by atoms with van der Waals surface area (Å²) >= 11 is 0. The van der Waals surface area contributed by atoms with Crippen LogP contribution in [0.5, 0.6) is 0 Å². The summed E-state index contributed by atoms with van der Waals surface area (Å²) in [4.78, 5) is 13.8. The second-order valence-electron chi connectivity index (χ2n) is 6.75. The molecule has 1 saturated heterocycles. The first-order chi connectivity index (χ1) is 9.09. The van der Waals surface area contributed by atoms with Gasteiger partial charge in [0.15, 0.2) is 0 Å². The van der Waals surface area contributed by atoms with E-state index in [1.807, 2.05) is 0 Å². The average molecular weight is 267 g/mol. The number of hydrogen-bond donors (Lipinski definition) is 1. The minimum absolute atomic E-state index is 0.219. The van der Waals surface area contributed by atoms with Crippen LogP contribution < -0.4 is 0 Å². The van der Waals surface area contributed by atoms with Crippen molar-refractivity contribution in [1.29, 1.82) is 0 Å². The van der Waals surface area contributed by atoms with Crippen molar-refractivity contribution >= 4 is 5.97 Å². The Labute approximate surface area is 117 Å². The monoisotopic (exact) mass is 267 g/mol. The van der Waals surface area contributed by atoms with Crippen LogP contribution in [0.25, 0.3) is 0 Å². The lowest BCUT2D eigenvalue weighted by atomic mass is 9.79. The van der Waals surface area contributed by atoms with Gasteiger partial charge in [0.05, 0.1) is 0 Å². The van der Waals surface area contributed by atoms with Crippen LogP contribution in [0.15, 0.2) is 0 Å². The predicted molar refractivity (Wildman–Crippen MR) is 77.2 cm³/mol. The van der Waals surface area contributed by atoms with Crippen molar-refractivity contribution in [1.82, 2.24) is 4.90 Å². The number of aliphatic carboxylic acids is 1. The summed E-state index contributed by atoms with van der Waals surface area (Å²) in [5.74, 6) is 1.03. The first-order valence-electron chi connectivity index (χ1n) is 8.08. The van der Waals surface area contributed by atoms with Crippen LogP contribution in [0.1, 0.15) is 65.2 Å². The smallest absolute Gasteiger partial charge is 0.320 e. The molecule has 19 heavy (non-hydrogen) atoms. The molecule has 0 spiro atoms. The molecule has 1 N–H and O–H groups in total. The van der Waals surface area contributed by atoms with Gasteiger partial charge in [-0.05, 0) is 56.9 Å². The van der Waals surface area contributed by atoms with Gasteiger partial charge in [0.2, 0.25) is 0 Å². The SMILES string of the molecule is CC(C)C1CCC(N2CCCCCC2C(=O)O)CC1. The highest BCUT2D eigenvalue weighted by Gasteiger charge is 2.34. The van der Waals surface area contributed by atoms with Crippen molar-refractivity contribution in [2.45, 2.75) is 77.3 Å². The van der Waals surface area contributed by atoms with E-state index in [1.165, 1.54) is 38.5 Å². The van der Waals surface area contributed by atoms with Crippen LogP contribution in [0.2, 0.25) is 0 Å². The molecule has 0 aromatic rings. The lowest BCUT2D eigenvalue weighted by Gasteiger charge is -2.40. The fraction of sp³-hybridized carbons (Fsp3) is 0.938. The Kier molecular flexibility index (Phi) is 5.26. The molecule has 3 nitrogen and oxygen atoms in total. The molecule has 0 bridgehead atoms. The first kappa shape index (κ1) is 14.8. The number of likely N-dealkylation sites (tertiary alicyclic amines) is 1. The van der Waals surface area contributed by atoms with Crippen LogP contribution in [0.4, 0.5) is 0 Å². The minimum Gasteiger partial charge on any atom is -0.480 e. The summed E-state index contributed by atoms with van der Waals surface area (Å²) in [6, 6.07) is 0.303. The molecule has 3 heteroatoms. The largest absolute Gasteiger partial charge is 0.480 e. The van der Waals surface area contributed by atoms with Gasteiger partial charge in [-0.2, -0.15) is 0 Å². The molecule has 0 aromatic heterocycles. The molecular weight excluding hydrogens is 238 g/mol. The van der Waals surface area contributed by atoms with E-state index in [9.17, 15) is 9.90 Å². The van der Waals surface area contributed by atoms with E-state index in [4.69, 9.17) is 0 Å². The summed E-state index contributed by atoms with van der Waals surface area (Å²) in [5.41, 5.74) is 0. The van der Waals surface area contributed by atoms with Crippen molar-refractivity contribution in [3.8, 4) is 0 Å². The highest BCUT2D eigenvalue weighted by Crippen LogP contribution is 2.34. The Hall–Kier alpha value is -0.570. The molecule has 1 aliphatic carbocycles. The third-order valence-electron chi connectivity index (χ3n) is 5.23. The van der Waals surface area contributed by atoms with Gasteiger partial charge in [0.25, 0.3) is 0 Å². The summed E-state index contributed by atoms with van der Waals surface area (Å²) in [5, 5.41) is 9.46. The van der Waals surface area contributed by atoms with Gasteiger partial charge in [0, 0.05) is 6.04 Å². The minimum atomic E-state index is -0.604.